The van der Waals surface area contributed by atoms with Gasteiger partial charge in [0, 0.05) is 24.8 Å². The lowest BCUT2D eigenvalue weighted by Gasteiger charge is -2.39. The molecule has 0 aliphatic carbocycles. The summed E-state index contributed by atoms with van der Waals surface area (Å²) in [6, 6.07) is 9.39. The first-order chi connectivity index (χ1) is 10.5. The van der Waals surface area contributed by atoms with Crippen LogP contribution in [0.15, 0.2) is 30.3 Å². The molecule has 5 heteroatoms. The number of hydrogen-bond acceptors (Lipinski definition) is 3. The number of carbonyl (C=O) groups is 2. The van der Waals surface area contributed by atoms with Gasteiger partial charge in [0.2, 0.25) is 5.91 Å². The fourth-order valence-electron chi connectivity index (χ4n) is 2.98. The van der Waals surface area contributed by atoms with E-state index in [1.165, 1.54) is 0 Å². The van der Waals surface area contributed by atoms with Crippen molar-refractivity contribution in [3.8, 4) is 0 Å². The monoisotopic (exact) mass is 321 g/mol. The molecule has 0 radical (unpaired) electrons. The standard InChI is InChI=1S/C17H23NO3S/c1-13(22-2)12-15(19)18-10-8-17(9-11-18,16(20)21)14-6-4-3-5-7-14/h3-7,13H,8-12H2,1-2H3,(H,20,21). The third kappa shape index (κ3) is 3.46. The zero-order valence-corrected chi connectivity index (χ0v) is 13.9. The summed E-state index contributed by atoms with van der Waals surface area (Å²) in [7, 11) is 0. The molecule has 2 rings (SSSR count). The zero-order valence-electron chi connectivity index (χ0n) is 13.1. The maximum absolute atomic E-state index is 12.2. The van der Waals surface area contributed by atoms with Gasteiger partial charge in [-0.2, -0.15) is 11.8 Å². The summed E-state index contributed by atoms with van der Waals surface area (Å²) in [6.45, 7) is 3.07. The predicted octanol–water partition coefficient (Wildman–Crippen LogP) is 2.77. The van der Waals surface area contributed by atoms with Crippen LogP contribution < -0.4 is 0 Å². The third-order valence-corrected chi connectivity index (χ3v) is 5.54. The van der Waals surface area contributed by atoms with Crippen LogP contribution in [0.25, 0.3) is 0 Å². The maximum Gasteiger partial charge on any atom is 0.314 e. The number of aliphatic carboxylic acids is 1. The molecular weight excluding hydrogens is 298 g/mol. The first-order valence-electron chi connectivity index (χ1n) is 7.59. The first kappa shape index (κ1) is 16.9. The van der Waals surface area contributed by atoms with Gasteiger partial charge in [0.15, 0.2) is 0 Å². The van der Waals surface area contributed by atoms with Crippen molar-refractivity contribution in [2.45, 2.75) is 36.9 Å². The van der Waals surface area contributed by atoms with Crippen molar-refractivity contribution in [2.24, 2.45) is 0 Å². The average molecular weight is 321 g/mol. The van der Waals surface area contributed by atoms with Crippen molar-refractivity contribution in [1.29, 1.82) is 0 Å². The molecule has 0 bridgehead atoms. The van der Waals surface area contributed by atoms with Gasteiger partial charge in [-0.1, -0.05) is 37.3 Å². The second kappa shape index (κ2) is 7.18. The van der Waals surface area contributed by atoms with Crippen LogP contribution in [-0.2, 0) is 15.0 Å². The smallest absolute Gasteiger partial charge is 0.314 e. The minimum absolute atomic E-state index is 0.133. The average Bonchev–Trinajstić information content (AvgIpc) is 2.55. The summed E-state index contributed by atoms with van der Waals surface area (Å²) in [4.78, 5) is 25.9. The normalized spacial score (nSPS) is 18.7. The number of carboxylic acids is 1. The van der Waals surface area contributed by atoms with E-state index in [9.17, 15) is 14.7 Å². The Balaban J connectivity index is 2.08. The summed E-state index contributed by atoms with van der Waals surface area (Å²) in [6.07, 6.45) is 3.48. The lowest BCUT2D eigenvalue weighted by atomic mass is 9.73. The molecule has 0 aromatic heterocycles. The minimum Gasteiger partial charge on any atom is -0.481 e. The van der Waals surface area contributed by atoms with E-state index in [-0.39, 0.29) is 5.91 Å². The Morgan fingerprint density at radius 3 is 2.36 bits per heavy atom. The number of thioether (sulfide) groups is 1. The van der Waals surface area contributed by atoms with Gasteiger partial charge in [0.1, 0.15) is 0 Å². The first-order valence-corrected chi connectivity index (χ1v) is 8.88. The van der Waals surface area contributed by atoms with Crippen LogP contribution >= 0.6 is 11.8 Å². The van der Waals surface area contributed by atoms with Gasteiger partial charge in [-0.05, 0) is 24.7 Å². The summed E-state index contributed by atoms with van der Waals surface area (Å²) >= 11 is 1.68. The van der Waals surface area contributed by atoms with Crippen molar-refractivity contribution < 1.29 is 14.7 Å². The molecule has 1 heterocycles. The van der Waals surface area contributed by atoms with E-state index in [4.69, 9.17) is 0 Å². The van der Waals surface area contributed by atoms with Crippen LogP contribution in [0.2, 0.25) is 0 Å². The topological polar surface area (TPSA) is 57.6 Å². The molecule has 0 spiro atoms. The van der Waals surface area contributed by atoms with E-state index in [0.717, 1.165) is 5.56 Å². The lowest BCUT2D eigenvalue weighted by molar-refractivity contribution is -0.148. The molecule has 1 fully saturated rings. The van der Waals surface area contributed by atoms with Crippen LogP contribution in [-0.4, -0.2) is 46.5 Å². The van der Waals surface area contributed by atoms with Gasteiger partial charge in [-0.15, -0.1) is 0 Å². The highest BCUT2D eigenvalue weighted by atomic mass is 32.2. The molecule has 1 aliphatic heterocycles. The Bertz CT molecular complexity index is 524. The molecular formula is C17H23NO3S. The van der Waals surface area contributed by atoms with Crippen LogP contribution in [0.5, 0.6) is 0 Å². The summed E-state index contributed by atoms with van der Waals surface area (Å²) in [5.41, 5.74) is -0.0181. The van der Waals surface area contributed by atoms with Crippen LogP contribution in [0.3, 0.4) is 0 Å². The molecule has 4 nitrogen and oxygen atoms in total. The van der Waals surface area contributed by atoms with Crippen molar-refractivity contribution in [2.75, 3.05) is 19.3 Å². The number of benzene rings is 1. The molecule has 120 valence electrons. The summed E-state index contributed by atoms with van der Waals surface area (Å²) in [5, 5.41) is 10.0. The van der Waals surface area contributed by atoms with Gasteiger partial charge in [-0.3, -0.25) is 9.59 Å². The van der Waals surface area contributed by atoms with Crippen LogP contribution in [0.4, 0.5) is 0 Å². The van der Waals surface area contributed by atoms with E-state index >= 15 is 0 Å². The molecule has 1 aliphatic rings. The Morgan fingerprint density at radius 2 is 1.86 bits per heavy atom. The second-order valence-electron chi connectivity index (χ2n) is 5.88. The van der Waals surface area contributed by atoms with Crippen molar-refractivity contribution in [3.05, 3.63) is 35.9 Å². The number of carboxylic acid groups (broad SMARTS) is 1. The largest absolute Gasteiger partial charge is 0.481 e. The molecule has 1 amide bonds. The maximum atomic E-state index is 12.2. The number of rotatable bonds is 5. The predicted molar refractivity (Wildman–Crippen MR) is 89.2 cm³/mol. The second-order valence-corrected chi connectivity index (χ2v) is 7.16. The van der Waals surface area contributed by atoms with E-state index in [0.29, 0.717) is 37.6 Å². The summed E-state index contributed by atoms with van der Waals surface area (Å²) in [5.74, 6) is -0.655. The third-order valence-electron chi connectivity index (χ3n) is 4.57. The van der Waals surface area contributed by atoms with Crippen LogP contribution in [0.1, 0.15) is 31.7 Å². The fourth-order valence-corrected chi connectivity index (χ4v) is 3.29. The highest BCUT2D eigenvalue weighted by Gasteiger charge is 2.43. The zero-order chi connectivity index (χ0) is 16.2. The van der Waals surface area contributed by atoms with E-state index in [2.05, 4.69) is 0 Å². The van der Waals surface area contributed by atoms with E-state index < -0.39 is 11.4 Å². The highest BCUT2D eigenvalue weighted by Crippen LogP contribution is 2.36. The number of amides is 1. The Kier molecular flexibility index (Phi) is 5.51. The van der Waals surface area contributed by atoms with E-state index in [1.807, 2.05) is 48.4 Å². The molecule has 1 N–H and O–H groups in total. The SMILES string of the molecule is CSC(C)CC(=O)N1CCC(C(=O)O)(c2ccccc2)CC1. The molecule has 1 aromatic carbocycles. The number of hydrogen-bond donors (Lipinski definition) is 1. The number of carbonyl (C=O) groups excluding carboxylic acids is 1. The van der Waals surface area contributed by atoms with Crippen molar-refractivity contribution in [1.82, 2.24) is 4.90 Å². The lowest BCUT2D eigenvalue weighted by Crippen LogP contribution is -2.49. The van der Waals surface area contributed by atoms with E-state index in [1.54, 1.807) is 11.8 Å². The van der Waals surface area contributed by atoms with Crippen molar-refractivity contribution >= 4 is 23.6 Å². The van der Waals surface area contributed by atoms with Crippen molar-refractivity contribution in [3.63, 3.8) is 0 Å². The number of nitrogens with zero attached hydrogens (tertiary/aromatic N) is 1. The number of likely N-dealkylation sites (tertiary alicyclic amines) is 1. The van der Waals surface area contributed by atoms with Gasteiger partial charge in [0.25, 0.3) is 0 Å². The number of piperidine rings is 1. The molecule has 22 heavy (non-hydrogen) atoms. The molecule has 1 unspecified atom stereocenters. The van der Waals surface area contributed by atoms with Gasteiger partial charge >= 0.3 is 5.97 Å². The highest BCUT2D eigenvalue weighted by molar-refractivity contribution is 7.99. The fraction of sp³-hybridized carbons (Fsp3) is 0.529. The molecule has 1 saturated heterocycles. The Morgan fingerprint density at radius 1 is 1.27 bits per heavy atom. The summed E-state index contributed by atoms with van der Waals surface area (Å²) < 4.78 is 0. The van der Waals surface area contributed by atoms with Crippen LogP contribution in [0, 0.1) is 0 Å². The van der Waals surface area contributed by atoms with Gasteiger partial charge in [-0.25, -0.2) is 0 Å². The molecule has 1 aromatic rings. The quantitative estimate of drug-likeness (QED) is 0.906. The Labute approximate surface area is 135 Å². The molecule has 0 saturated carbocycles. The molecule has 1 atom stereocenters. The minimum atomic E-state index is -0.858. The van der Waals surface area contributed by atoms with Gasteiger partial charge in [0.05, 0.1) is 5.41 Å². The Hall–Kier alpha value is -1.49. The van der Waals surface area contributed by atoms with Gasteiger partial charge < -0.3 is 10.0 Å².